The third-order valence-electron chi connectivity index (χ3n) is 4.13. The van der Waals surface area contributed by atoms with Gasteiger partial charge in [-0.25, -0.2) is 4.39 Å². The van der Waals surface area contributed by atoms with Gasteiger partial charge in [-0.15, -0.1) is 0 Å². The molecule has 0 aliphatic heterocycles. The van der Waals surface area contributed by atoms with E-state index in [0.717, 1.165) is 17.8 Å². The summed E-state index contributed by atoms with van der Waals surface area (Å²) >= 11 is 0. The van der Waals surface area contributed by atoms with E-state index in [0.29, 0.717) is 24.9 Å². The van der Waals surface area contributed by atoms with Crippen molar-refractivity contribution in [2.24, 2.45) is 11.7 Å². The molecule has 1 aromatic rings. The van der Waals surface area contributed by atoms with Gasteiger partial charge in [0, 0.05) is 23.8 Å². The normalized spacial score (nSPS) is 16.1. The summed E-state index contributed by atoms with van der Waals surface area (Å²) in [5.74, 6) is 0.462. The summed E-state index contributed by atoms with van der Waals surface area (Å²) in [7, 11) is 0. The van der Waals surface area contributed by atoms with Crippen molar-refractivity contribution in [1.82, 2.24) is 0 Å². The van der Waals surface area contributed by atoms with Gasteiger partial charge in [0.15, 0.2) is 0 Å². The van der Waals surface area contributed by atoms with Crippen LogP contribution in [0.4, 0.5) is 10.1 Å². The molecule has 1 fully saturated rings. The minimum Gasteiger partial charge on any atom is -0.368 e. The highest BCUT2D eigenvalue weighted by Gasteiger charge is 2.25. The molecule has 112 valence electrons. The number of hydrogen-bond acceptors (Lipinski definition) is 2. The van der Waals surface area contributed by atoms with Gasteiger partial charge < -0.3 is 10.6 Å². The van der Waals surface area contributed by atoms with Crippen LogP contribution < -0.4 is 10.6 Å². The smallest absolute Gasteiger partial charge is 0.128 e. The van der Waals surface area contributed by atoms with E-state index in [4.69, 9.17) is 5.73 Å². The van der Waals surface area contributed by atoms with Crippen LogP contribution in [-0.4, -0.2) is 19.1 Å². The largest absolute Gasteiger partial charge is 0.368 e. The molecule has 1 aliphatic carbocycles. The SMILES string of the molecule is CC(C)CN(c1cccc(F)c1CCN)C1CCCC1. The third kappa shape index (κ3) is 3.51. The van der Waals surface area contributed by atoms with Crippen molar-refractivity contribution in [3.8, 4) is 0 Å². The van der Waals surface area contributed by atoms with Crippen molar-refractivity contribution in [2.45, 2.75) is 52.0 Å². The van der Waals surface area contributed by atoms with Crippen LogP contribution in [0.15, 0.2) is 18.2 Å². The molecule has 1 saturated carbocycles. The van der Waals surface area contributed by atoms with Gasteiger partial charge in [-0.3, -0.25) is 0 Å². The summed E-state index contributed by atoms with van der Waals surface area (Å²) in [6, 6.07) is 6.01. The van der Waals surface area contributed by atoms with Crippen LogP contribution in [0.3, 0.4) is 0 Å². The molecule has 2 N–H and O–H groups in total. The van der Waals surface area contributed by atoms with Crippen LogP contribution in [0, 0.1) is 11.7 Å². The lowest BCUT2D eigenvalue weighted by molar-refractivity contribution is 0.530. The summed E-state index contributed by atoms with van der Waals surface area (Å²) in [6.07, 6.45) is 5.65. The standard InChI is InChI=1S/C17H27FN2/c1-13(2)12-20(14-6-3-4-7-14)17-9-5-8-16(18)15(17)10-11-19/h5,8-9,13-14H,3-4,6-7,10-12,19H2,1-2H3. The van der Waals surface area contributed by atoms with E-state index in [2.05, 4.69) is 24.8 Å². The van der Waals surface area contributed by atoms with Crippen LogP contribution >= 0.6 is 0 Å². The second-order valence-corrected chi connectivity index (χ2v) is 6.26. The van der Waals surface area contributed by atoms with Gasteiger partial charge in [-0.05, 0) is 43.9 Å². The fourth-order valence-corrected chi connectivity index (χ4v) is 3.26. The molecular weight excluding hydrogens is 251 g/mol. The van der Waals surface area contributed by atoms with Crippen molar-refractivity contribution in [3.63, 3.8) is 0 Å². The van der Waals surface area contributed by atoms with E-state index in [-0.39, 0.29) is 5.82 Å². The highest BCUT2D eigenvalue weighted by molar-refractivity contribution is 5.55. The molecule has 0 amide bonds. The maximum atomic E-state index is 14.1. The highest BCUT2D eigenvalue weighted by Crippen LogP contribution is 2.32. The molecule has 2 nitrogen and oxygen atoms in total. The Balaban J connectivity index is 2.34. The second-order valence-electron chi connectivity index (χ2n) is 6.26. The van der Waals surface area contributed by atoms with E-state index < -0.39 is 0 Å². The zero-order valence-corrected chi connectivity index (χ0v) is 12.7. The Morgan fingerprint density at radius 3 is 2.60 bits per heavy atom. The predicted molar refractivity (Wildman–Crippen MR) is 83.6 cm³/mol. The molecule has 1 aliphatic rings. The average Bonchev–Trinajstić information content (AvgIpc) is 2.92. The lowest BCUT2D eigenvalue weighted by Gasteiger charge is -2.34. The topological polar surface area (TPSA) is 29.3 Å². The van der Waals surface area contributed by atoms with Crippen molar-refractivity contribution < 1.29 is 4.39 Å². The molecule has 0 radical (unpaired) electrons. The minimum atomic E-state index is -0.111. The van der Waals surface area contributed by atoms with Crippen LogP contribution in [0.1, 0.15) is 45.1 Å². The Hall–Kier alpha value is -1.09. The molecule has 0 bridgehead atoms. The lowest BCUT2D eigenvalue weighted by Crippen LogP contribution is -2.37. The molecule has 1 aromatic carbocycles. The molecule has 0 aromatic heterocycles. The van der Waals surface area contributed by atoms with Gasteiger partial charge in [0.25, 0.3) is 0 Å². The van der Waals surface area contributed by atoms with E-state index in [9.17, 15) is 4.39 Å². The Labute approximate surface area is 122 Å². The van der Waals surface area contributed by atoms with Gasteiger partial charge in [-0.1, -0.05) is 32.8 Å². The first-order valence-electron chi connectivity index (χ1n) is 7.87. The summed E-state index contributed by atoms with van der Waals surface area (Å²) in [6.45, 7) is 5.94. The quantitative estimate of drug-likeness (QED) is 0.859. The van der Waals surface area contributed by atoms with E-state index in [1.165, 1.54) is 25.7 Å². The molecule has 3 heteroatoms. The summed E-state index contributed by atoms with van der Waals surface area (Å²) in [5.41, 5.74) is 7.53. The molecule has 0 heterocycles. The number of halogens is 1. The van der Waals surface area contributed by atoms with Crippen molar-refractivity contribution >= 4 is 5.69 Å². The maximum absolute atomic E-state index is 14.1. The van der Waals surface area contributed by atoms with Crippen molar-refractivity contribution in [2.75, 3.05) is 18.0 Å². The zero-order chi connectivity index (χ0) is 14.5. The van der Waals surface area contributed by atoms with Gasteiger partial charge >= 0.3 is 0 Å². The molecular formula is C17H27FN2. The van der Waals surface area contributed by atoms with Crippen LogP contribution in [0.5, 0.6) is 0 Å². The lowest BCUT2D eigenvalue weighted by atomic mass is 10.0. The maximum Gasteiger partial charge on any atom is 0.128 e. The summed E-state index contributed by atoms with van der Waals surface area (Å²) in [4.78, 5) is 2.44. The van der Waals surface area contributed by atoms with Crippen molar-refractivity contribution in [1.29, 1.82) is 0 Å². The highest BCUT2D eigenvalue weighted by atomic mass is 19.1. The number of nitrogens with two attached hydrogens (primary N) is 1. The van der Waals surface area contributed by atoms with Gasteiger partial charge in [-0.2, -0.15) is 0 Å². The molecule has 0 unspecified atom stereocenters. The number of nitrogens with zero attached hydrogens (tertiary/aromatic N) is 1. The van der Waals surface area contributed by atoms with Crippen LogP contribution in [-0.2, 0) is 6.42 Å². The van der Waals surface area contributed by atoms with Crippen LogP contribution in [0.25, 0.3) is 0 Å². The number of rotatable bonds is 6. The molecule has 0 spiro atoms. The van der Waals surface area contributed by atoms with Gasteiger partial charge in [0.1, 0.15) is 5.82 Å². The van der Waals surface area contributed by atoms with Crippen LogP contribution in [0.2, 0.25) is 0 Å². The fraction of sp³-hybridized carbons (Fsp3) is 0.647. The number of benzene rings is 1. The molecule has 2 rings (SSSR count). The Kier molecular flexibility index (Phi) is 5.41. The third-order valence-corrected chi connectivity index (χ3v) is 4.13. The predicted octanol–water partition coefficient (Wildman–Crippen LogP) is 3.73. The Bertz CT molecular complexity index is 425. The van der Waals surface area contributed by atoms with Gasteiger partial charge in [0.2, 0.25) is 0 Å². The van der Waals surface area contributed by atoms with E-state index in [1.54, 1.807) is 6.07 Å². The van der Waals surface area contributed by atoms with Crippen molar-refractivity contribution in [3.05, 3.63) is 29.6 Å². The average molecular weight is 278 g/mol. The zero-order valence-electron chi connectivity index (χ0n) is 12.7. The minimum absolute atomic E-state index is 0.111. The Morgan fingerprint density at radius 2 is 2.00 bits per heavy atom. The first kappa shape index (κ1) is 15.3. The fourth-order valence-electron chi connectivity index (χ4n) is 3.26. The number of anilines is 1. The Morgan fingerprint density at radius 1 is 1.30 bits per heavy atom. The van der Waals surface area contributed by atoms with E-state index >= 15 is 0 Å². The molecule has 0 saturated heterocycles. The van der Waals surface area contributed by atoms with E-state index in [1.807, 2.05) is 6.07 Å². The summed E-state index contributed by atoms with van der Waals surface area (Å²) < 4.78 is 14.1. The number of hydrogen-bond donors (Lipinski definition) is 1. The van der Waals surface area contributed by atoms with Gasteiger partial charge in [0.05, 0.1) is 0 Å². The molecule has 20 heavy (non-hydrogen) atoms. The summed E-state index contributed by atoms with van der Waals surface area (Å²) in [5, 5.41) is 0. The monoisotopic (exact) mass is 278 g/mol. The second kappa shape index (κ2) is 7.07. The first-order chi connectivity index (χ1) is 9.63. The molecule has 0 atom stereocenters. The first-order valence-corrected chi connectivity index (χ1v) is 7.87.